The Balaban J connectivity index is 1.60. The van der Waals surface area contributed by atoms with Crippen molar-refractivity contribution >= 4 is 28.6 Å². The number of fused-ring (bicyclic) bond motifs is 1. The van der Waals surface area contributed by atoms with Crippen molar-refractivity contribution in [3.63, 3.8) is 0 Å². The van der Waals surface area contributed by atoms with Crippen LogP contribution in [0, 0.1) is 0 Å². The van der Waals surface area contributed by atoms with Crippen molar-refractivity contribution in [2.75, 3.05) is 13.6 Å². The quantitative estimate of drug-likeness (QED) is 0.832. The molecule has 1 atom stereocenters. The van der Waals surface area contributed by atoms with Gasteiger partial charge in [-0.2, -0.15) is 0 Å². The van der Waals surface area contributed by atoms with Crippen molar-refractivity contribution in [2.24, 2.45) is 0 Å². The van der Waals surface area contributed by atoms with Gasteiger partial charge in [-0.15, -0.1) is 22.7 Å². The molecule has 124 valence electrons. The number of nitrogens with zero attached hydrogens (tertiary/aromatic N) is 3. The fraction of sp³-hybridized carbons (Fsp3) is 0.529. The van der Waals surface area contributed by atoms with Gasteiger partial charge in [0.2, 0.25) is 5.91 Å². The van der Waals surface area contributed by atoms with E-state index in [2.05, 4.69) is 33.6 Å². The predicted octanol–water partition coefficient (Wildman–Crippen LogP) is 3.17. The van der Waals surface area contributed by atoms with Crippen LogP contribution < -0.4 is 0 Å². The van der Waals surface area contributed by atoms with Gasteiger partial charge in [-0.25, -0.2) is 4.98 Å². The van der Waals surface area contributed by atoms with Crippen molar-refractivity contribution in [1.29, 1.82) is 0 Å². The molecule has 6 heteroatoms. The lowest BCUT2D eigenvalue weighted by Crippen LogP contribution is -2.46. The van der Waals surface area contributed by atoms with E-state index in [0.29, 0.717) is 0 Å². The first-order valence-electron chi connectivity index (χ1n) is 8.06. The molecule has 3 rings (SSSR count). The van der Waals surface area contributed by atoms with E-state index in [-0.39, 0.29) is 11.9 Å². The standard InChI is InChI=1S/C17H23N3OS2/c1-4-16-18-14(11-23-16)10-19(3)12(2)17(21)20-7-5-15-13(9-20)6-8-22-15/h6,8,11-12H,4-5,7,9-10H2,1-3H3/t12-/m0/s1. The van der Waals surface area contributed by atoms with Crippen LogP contribution in [0.3, 0.4) is 0 Å². The Morgan fingerprint density at radius 3 is 3.04 bits per heavy atom. The molecule has 0 N–H and O–H groups in total. The Morgan fingerprint density at radius 2 is 2.30 bits per heavy atom. The molecule has 0 saturated heterocycles. The Labute approximate surface area is 145 Å². The zero-order valence-electron chi connectivity index (χ0n) is 13.9. The number of aromatic nitrogens is 1. The van der Waals surface area contributed by atoms with Crippen LogP contribution in [0.15, 0.2) is 16.8 Å². The average Bonchev–Trinajstić information content (AvgIpc) is 3.21. The van der Waals surface area contributed by atoms with Crippen LogP contribution in [-0.4, -0.2) is 40.3 Å². The number of aryl methyl sites for hydroxylation is 1. The highest BCUT2D eigenvalue weighted by Gasteiger charge is 2.27. The van der Waals surface area contributed by atoms with Gasteiger partial charge in [-0.05, 0) is 43.8 Å². The predicted molar refractivity (Wildman–Crippen MR) is 95.9 cm³/mol. The highest BCUT2D eigenvalue weighted by Crippen LogP contribution is 2.25. The summed E-state index contributed by atoms with van der Waals surface area (Å²) in [6.45, 7) is 6.43. The summed E-state index contributed by atoms with van der Waals surface area (Å²) in [5, 5.41) is 5.39. The number of likely N-dealkylation sites (N-methyl/N-ethyl adjacent to an activating group) is 1. The number of amides is 1. The summed E-state index contributed by atoms with van der Waals surface area (Å²) in [7, 11) is 2.01. The number of rotatable bonds is 5. The number of thiophene rings is 1. The Kier molecular flexibility index (Phi) is 5.14. The minimum absolute atomic E-state index is 0.123. The Hall–Kier alpha value is -1.24. The third kappa shape index (κ3) is 3.65. The highest BCUT2D eigenvalue weighted by molar-refractivity contribution is 7.10. The minimum atomic E-state index is -0.123. The van der Waals surface area contributed by atoms with Gasteiger partial charge in [0.15, 0.2) is 0 Å². The SMILES string of the molecule is CCc1nc(CN(C)[C@@H](C)C(=O)N2CCc3sccc3C2)cs1. The van der Waals surface area contributed by atoms with Gasteiger partial charge in [-0.3, -0.25) is 9.69 Å². The second-order valence-corrected chi connectivity index (χ2v) is 8.00. The molecule has 2 aromatic heterocycles. The smallest absolute Gasteiger partial charge is 0.239 e. The molecule has 23 heavy (non-hydrogen) atoms. The maximum Gasteiger partial charge on any atom is 0.239 e. The van der Waals surface area contributed by atoms with Gasteiger partial charge >= 0.3 is 0 Å². The number of hydrogen-bond acceptors (Lipinski definition) is 5. The molecule has 1 aliphatic rings. The lowest BCUT2D eigenvalue weighted by atomic mass is 10.1. The molecule has 0 radical (unpaired) electrons. The van der Waals surface area contributed by atoms with Crippen molar-refractivity contribution < 1.29 is 4.79 Å². The molecule has 0 unspecified atom stereocenters. The van der Waals surface area contributed by atoms with Gasteiger partial charge in [0.1, 0.15) is 0 Å². The first kappa shape index (κ1) is 16.6. The normalized spacial score (nSPS) is 15.7. The molecule has 4 nitrogen and oxygen atoms in total. The molecule has 1 aliphatic heterocycles. The number of carbonyl (C=O) groups excluding carboxylic acids is 1. The van der Waals surface area contributed by atoms with E-state index in [4.69, 9.17) is 0 Å². The lowest BCUT2D eigenvalue weighted by molar-refractivity contribution is -0.137. The fourth-order valence-electron chi connectivity index (χ4n) is 2.87. The van der Waals surface area contributed by atoms with Crippen molar-refractivity contribution in [2.45, 2.75) is 45.8 Å². The van der Waals surface area contributed by atoms with E-state index in [9.17, 15) is 4.79 Å². The molecule has 2 aromatic rings. The van der Waals surface area contributed by atoms with Gasteiger partial charge in [0, 0.05) is 29.9 Å². The third-order valence-corrected chi connectivity index (χ3v) is 6.52. The fourth-order valence-corrected chi connectivity index (χ4v) is 4.49. The molecule has 0 aromatic carbocycles. The van der Waals surface area contributed by atoms with E-state index in [1.165, 1.54) is 10.4 Å². The number of thiazole rings is 1. The molecule has 0 spiro atoms. The van der Waals surface area contributed by atoms with E-state index in [0.717, 1.165) is 43.2 Å². The van der Waals surface area contributed by atoms with E-state index in [1.54, 1.807) is 22.7 Å². The molecule has 0 saturated carbocycles. The lowest BCUT2D eigenvalue weighted by Gasteiger charge is -2.32. The molecular weight excluding hydrogens is 326 g/mol. The summed E-state index contributed by atoms with van der Waals surface area (Å²) in [5.74, 6) is 0.218. The van der Waals surface area contributed by atoms with E-state index in [1.807, 2.05) is 18.9 Å². The summed E-state index contributed by atoms with van der Waals surface area (Å²) in [5.41, 5.74) is 2.38. The van der Waals surface area contributed by atoms with Crippen LogP contribution in [0.2, 0.25) is 0 Å². The first-order chi connectivity index (χ1) is 11.1. The van der Waals surface area contributed by atoms with Crippen LogP contribution in [-0.2, 0) is 30.7 Å². The Bertz CT molecular complexity index is 679. The van der Waals surface area contributed by atoms with E-state index >= 15 is 0 Å². The number of hydrogen-bond donors (Lipinski definition) is 0. The zero-order chi connectivity index (χ0) is 16.4. The van der Waals surface area contributed by atoms with Crippen LogP contribution in [0.1, 0.15) is 35.0 Å². The monoisotopic (exact) mass is 349 g/mol. The third-order valence-electron chi connectivity index (χ3n) is 4.45. The van der Waals surface area contributed by atoms with Crippen LogP contribution in [0.5, 0.6) is 0 Å². The zero-order valence-corrected chi connectivity index (χ0v) is 15.5. The molecule has 0 aliphatic carbocycles. The summed E-state index contributed by atoms with van der Waals surface area (Å²) in [6.07, 6.45) is 1.96. The van der Waals surface area contributed by atoms with Crippen molar-refractivity contribution in [1.82, 2.24) is 14.8 Å². The summed E-state index contributed by atoms with van der Waals surface area (Å²) in [4.78, 5) is 22.9. The maximum absolute atomic E-state index is 12.8. The van der Waals surface area contributed by atoms with Gasteiger partial charge in [0.25, 0.3) is 0 Å². The van der Waals surface area contributed by atoms with Gasteiger partial charge in [-0.1, -0.05) is 6.92 Å². The topological polar surface area (TPSA) is 36.4 Å². The largest absolute Gasteiger partial charge is 0.337 e. The van der Waals surface area contributed by atoms with Gasteiger partial charge in [0.05, 0.1) is 16.7 Å². The molecule has 3 heterocycles. The summed E-state index contributed by atoms with van der Waals surface area (Å²) >= 11 is 3.51. The first-order valence-corrected chi connectivity index (χ1v) is 9.82. The Morgan fingerprint density at radius 1 is 1.48 bits per heavy atom. The summed E-state index contributed by atoms with van der Waals surface area (Å²) < 4.78 is 0. The average molecular weight is 350 g/mol. The molecule has 1 amide bonds. The minimum Gasteiger partial charge on any atom is -0.337 e. The highest BCUT2D eigenvalue weighted by atomic mass is 32.1. The van der Waals surface area contributed by atoms with Crippen LogP contribution >= 0.6 is 22.7 Å². The van der Waals surface area contributed by atoms with Crippen molar-refractivity contribution in [3.05, 3.63) is 38.0 Å². The van der Waals surface area contributed by atoms with Crippen LogP contribution in [0.4, 0.5) is 0 Å². The van der Waals surface area contributed by atoms with Gasteiger partial charge < -0.3 is 4.90 Å². The number of carbonyl (C=O) groups is 1. The second kappa shape index (κ2) is 7.11. The maximum atomic E-state index is 12.8. The molecular formula is C17H23N3OS2. The van der Waals surface area contributed by atoms with Crippen molar-refractivity contribution in [3.8, 4) is 0 Å². The summed E-state index contributed by atoms with van der Waals surface area (Å²) in [6, 6.07) is 2.03. The molecule has 0 fully saturated rings. The molecule has 0 bridgehead atoms. The van der Waals surface area contributed by atoms with Crippen LogP contribution in [0.25, 0.3) is 0 Å². The van der Waals surface area contributed by atoms with E-state index < -0.39 is 0 Å². The second-order valence-electron chi connectivity index (χ2n) is 6.06.